The maximum atomic E-state index is 12.8. The first kappa shape index (κ1) is 23.0. The number of nitrogens with one attached hydrogen (secondary N) is 1. The summed E-state index contributed by atoms with van der Waals surface area (Å²) < 4.78 is 59.3. The second-order valence-electron chi connectivity index (χ2n) is 7.55. The number of alkyl halides is 3. The fourth-order valence-corrected chi connectivity index (χ4v) is 4.59. The molecule has 0 spiro atoms. The Morgan fingerprint density at radius 1 is 1.12 bits per heavy atom. The SMILES string of the molecule is O=C(Nc1ccc2nn(CC(=O)N3CCS(O)(O)CC3)cc2c1)c1cccc(C(F)(F)F)n1. The summed E-state index contributed by atoms with van der Waals surface area (Å²) in [7, 11) is -2.60. The van der Waals surface area contributed by atoms with Gasteiger partial charge in [-0.15, -0.1) is 0 Å². The molecule has 1 saturated heterocycles. The maximum absolute atomic E-state index is 12.8. The molecule has 1 fully saturated rings. The van der Waals surface area contributed by atoms with Crippen molar-refractivity contribution in [3.8, 4) is 0 Å². The molecule has 9 nitrogen and oxygen atoms in total. The summed E-state index contributed by atoms with van der Waals surface area (Å²) in [6.07, 6.45) is -3.04. The zero-order chi connectivity index (χ0) is 23.8. The molecule has 0 bridgehead atoms. The molecule has 0 atom stereocenters. The molecule has 2 aromatic heterocycles. The molecular formula is C20H20F3N5O4S. The monoisotopic (exact) mass is 483 g/mol. The number of carbonyl (C=O) groups excluding carboxylic acids is 2. The number of fused-ring (bicyclic) bond motifs is 1. The van der Waals surface area contributed by atoms with Gasteiger partial charge in [-0.2, -0.15) is 28.9 Å². The van der Waals surface area contributed by atoms with Gasteiger partial charge in [0.25, 0.3) is 5.91 Å². The minimum Gasteiger partial charge on any atom is -0.338 e. The summed E-state index contributed by atoms with van der Waals surface area (Å²) in [6, 6.07) is 7.83. The Labute approximate surface area is 187 Å². The second kappa shape index (κ2) is 8.65. The summed E-state index contributed by atoms with van der Waals surface area (Å²) in [5.74, 6) is -0.686. The third-order valence-corrected chi connectivity index (χ3v) is 6.78. The molecule has 1 aliphatic heterocycles. The topological polar surface area (TPSA) is 121 Å². The summed E-state index contributed by atoms with van der Waals surface area (Å²) in [5, 5.41) is 7.45. The number of benzene rings is 1. The van der Waals surface area contributed by atoms with Crippen LogP contribution in [0.2, 0.25) is 0 Å². The van der Waals surface area contributed by atoms with Gasteiger partial charge in [0.05, 0.1) is 17.0 Å². The quantitative estimate of drug-likeness (QED) is 0.524. The lowest BCUT2D eigenvalue weighted by atomic mass is 10.2. The third-order valence-electron chi connectivity index (χ3n) is 5.11. The molecule has 2 amide bonds. The van der Waals surface area contributed by atoms with Crippen molar-refractivity contribution in [1.82, 2.24) is 19.7 Å². The van der Waals surface area contributed by atoms with E-state index in [2.05, 4.69) is 15.4 Å². The van der Waals surface area contributed by atoms with Crippen molar-refractivity contribution >= 4 is 39.0 Å². The Balaban J connectivity index is 1.44. The fourth-order valence-electron chi connectivity index (χ4n) is 3.36. The van der Waals surface area contributed by atoms with E-state index in [1.807, 2.05) is 0 Å². The number of rotatable bonds is 4. The fraction of sp³-hybridized carbons (Fsp3) is 0.300. The first-order valence-corrected chi connectivity index (χ1v) is 11.7. The highest BCUT2D eigenvalue weighted by Gasteiger charge is 2.33. The lowest BCUT2D eigenvalue weighted by molar-refractivity contribution is -0.141. The van der Waals surface area contributed by atoms with E-state index in [1.54, 1.807) is 29.3 Å². The van der Waals surface area contributed by atoms with Gasteiger partial charge in [0.1, 0.15) is 17.9 Å². The molecule has 0 saturated carbocycles. The lowest BCUT2D eigenvalue weighted by Crippen LogP contribution is -2.43. The van der Waals surface area contributed by atoms with E-state index in [9.17, 15) is 31.9 Å². The van der Waals surface area contributed by atoms with E-state index >= 15 is 0 Å². The molecule has 0 unspecified atom stereocenters. The largest absolute Gasteiger partial charge is 0.433 e. The van der Waals surface area contributed by atoms with E-state index in [0.29, 0.717) is 16.6 Å². The highest BCUT2D eigenvalue weighted by molar-refractivity contribution is 8.24. The van der Waals surface area contributed by atoms with Crippen molar-refractivity contribution in [2.24, 2.45) is 0 Å². The molecule has 3 heterocycles. The third kappa shape index (κ3) is 5.43. The Morgan fingerprint density at radius 2 is 1.85 bits per heavy atom. The number of hydrogen-bond acceptors (Lipinski definition) is 6. The number of anilines is 1. The highest BCUT2D eigenvalue weighted by atomic mass is 32.3. The zero-order valence-corrected chi connectivity index (χ0v) is 17.9. The smallest absolute Gasteiger partial charge is 0.338 e. The van der Waals surface area contributed by atoms with Gasteiger partial charge < -0.3 is 10.2 Å². The summed E-state index contributed by atoms with van der Waals surface area (Å²) in [5.41, 5.74) is -0.635. The maximum Gasteiger partial charge on any atom is 0.433 e. The number of halogens is 3. The van der Waals surface area contributed by atoms with Gasteiger partial charge in [-0.1, -0.05) is 6.07 Å². The van der Waals surface area contributed by atoms with Crippen LogP contribution in [0, 0.1) is 0 Å². The van der Waals surface area contributed by atoms with Crippen LogP contribution in [0.5, 0.6) is 0 Å². The number of carbonyl (C=O) groups is 2. The number of hydrogen-bond donors (Lipinski definition) is 3. The van der Waals surface area contributed by atoms with Crippen molar-refractivity contribution in [3.63, 3.8) is 0 Å². The summed E-state index contributed by atoms with van der Waals surface area (Å²) >= 11 is 0. The van der Waals surface area contributed by atoms with E-state index in [-0.39, 0.29) is 42.7 Å². The van der Waals surface area contributed by atoms with Crippen molar-refractivity contribution in [2.75, 3.05) is 29.9 Å². The number of amides is 2. The van der Waals surface area contributed by atoms with Crippen LogP contribution in [-0.2, 0) is 17.5 Å². The number of aromatic nitrogens is 3. The van der Waals surface area contributed by atoms with E-state index in [1.165, 1.54) is 10.7 Å². The standard InChI is InChI=1S/C20H20F3N5O4S/c21-20(22,23)17-3-1-2-16(25-17)19(30)24-14-4-5-15-13(10-14)11-28(26-15)12-18(29)27-6-8-33(31,32)9-7-27/h1-5,10-11,31-32H,6-9,12H2,(H,24,30). The van der Waals surface area contributed by atoms with E-state index < -0.39 is 28.4 Å². The molecule has 33 heavy (non-hydrogen) atoms. The van der Waals surface area contributed by atoms with Crippen LogP contribution < -0.4 is 5.32 Å². The second-order valence-corrected chi connectivity index (χ2v) is 9.97. The predicted molar refractivity (Wildman–Crippen MR) is 116 cm³/mol. The van der Waals surface area contributed by atoms with Crippen LogP contribution in [-0.4, -0.2) is 65.2 Å². The predicted octanol–water partition coefficient (Wildman–Crippen LogP) is 3.30. The van der Waals surface area contributed by atoms with Crippen molar-refractivity contribution in [1.29, 1.82) is 0 Å². The average molecular weight is 483 g/mol. The van der Waals surface area contributed by atoms with Crippen molar-refractivity contribution in [3.05, 3.63) is 54.0 Å². The summed E-state index contributed by atoms with van der Waals surface area (Å²) in [4.78, 5) is 29.8. The molecule has 0 aliphatic carbocycles. The van der Waals surface area contributed by atoms with Gasteiger partial charge >= 0.3 is 6.18 Å². The lowest BCUT2D eigenvalue weighted by Gasteiger charge is -2.40. The first-order chi connectivity index (χ1) is 15.5. The minimum absolute atomic E-state index is 0.0380. The van der Waals surface area contributed by atoms with Crippen molar-refractivity contribution < 1.29 is 31.9 Å². The molecule has 4 rings (SSSR count). The number of pyridine rings is 1. The van der Waals surface area contributed by atoms with Crippen LogP contribution in [0.3, 0.4) is 0 Å². The van der Waals surface area contributed by atoms with E-state index in [4.69, 9.17) is 0 Å². The van der Waals surface area contributed by atoms with Crippen LogP contribution >= 0.6 is 10.6 Å². The summed E-state index contributed by atoms with van der Waals surface area (Å²) in [6.45, 7) is 0.493. The van der Waals surface area contributed by atoms with Gasteiger partial charge in [0.2, 0.25) is 5.91 Å². The Bertz CT molecular complexity index is 1200. The van der Waals surface area contributed by atoms with E-state index in [0.717, 1.165) is 12.1 Å². The van der Waals surface area contributed by atoms with Crippen LogP contribution in [0.1, 0.15) is 16.2 Å². The van der Waals surface area contributed by atoms with Crippen LogP contribution in [0.15, 0.2) is 42.6 Å². The van der Waals surface area contributed by atoms with Gasteiger partial charge in [-0.3, -0.25) is 23.4 Å². The normalized spacial score (nSPS) is 17.1. The molecule has 3 N–H and O–H groups in total. The Morgan fingerprint density at radius 3 is 2.55 bits per heavy atom. The molecular weight excluding hydrogens is 463 g/mol. The molecule has 13 heteroatoms. The molecule has 0 radical (unpaired) electrons. The van der Waals surface area contributed by atoms with Crippen LogP contribution in [0.25, 0.3) is 10.9 Å². The molecule has 1 aliphatic rings. The molecule has 3 aromatic rings. The highest BCUT2D eigenvalue weighted by Crippen LogP contribution is 2.40. The minimum atomic E-state index is -4.66. The zero-order valence-electron chi connectivity index (χ0n) is 17.1. The first-order valence-electron chi connectivity index (χ1n) is 9.84. The number of nitrogens with zero attached hydrogens (tertiary/aromatic N) is 4. The van der Waals surface area contributed by atoms with Gasteiger partial charge in [-0.05, 0) is 30.3 Å². The Hall–Kier alpha value is -3.16. The average Bonchev–Trinajstić information content (AvgIpc) is 3.14. The van der Waals surface area contributed by atoms with Crippen LogP contribution in [0.4, 0.5) is 18.9 Å². The Kier molecular flexibility index (Phi) is 6.03. The van der Waals surface area contributed by atoms with Gasteiger partial charge in [0.15, 0.2) is 0 Å². The van der Waals surface area contributed by atoms with Gasteiger partial charge in [-0.25, -0.2) is 4.98 Å². The van der Waals surface area contributed by atoms with Crippen molar-refractivity contribution in [2.45, 2.75) is 12.7 Å². The van der Waals surface area contributed by atoms with Gasteiger partial charge in [0, 0.05) is 30.4 Å². The molecule has 1 aromatic carbocycles. The molecule has 176 valence electrons.